The number of nitrogens with zero attached hydrogens (tertiary/aromatic N) is 2. The van der Waals surface area contributed by atoms with E-state index in [2.05, 4.69) is 9.71 Å². The van der Waals surface area contributed by atoms with Gasteiger partial charge in [0.15, 0.2) is 0 Å². The normalized spacial score (nSPS) is 12.3. The Hall–Kier alpha value is -2.32. The predicted molar refractivity (Wildman–Crippen MR) is 88.4 cm³/mol. The number of hydrogen-bond acceptors (Lipinski definition) is 3. The molecule has 3 aromatic rings. The zero-order valence-electron chi connectivity index (χ0n) is 12.3. The monoisotopic (exact) mass is 385 g/mol. The maximum Gasteiger partial charge on any atom is 0.416 e. The van der Waals surface area contributed by atoms with Gasteiger partial charge in [0.25, 0.3) is 0 Å². The van der Waals surface area contributed by atoms with E-state index in [-0.39, 0.29) is 15.4 Å². The number of aromatic nitrogens is 1. The van der Waals surface area contributed by atoms with Crippen LogP contribution in [0.4, 0.5) is 18.9 Å². The van der Waals surface area contributed by atoms with Crippen LogP contribution >= 0.6 is 11.6 Å². The van der Waals surface area contributed by atoms with E-state index in [9.17, 15) is 21.6 Å². The van der Waals surface area contributed by atoms with Gasteiger partial charge in [-0.1, -0.05) is 35.9 Å². The molecule has 0 amide bonds. The summed E-state index contributed by atoms with van der Waals surface area (Å²) in [6.07, 6.45) is -3.22. The average Bonchev–Trinajstić information content (AvgIpc) is 2.55. The van der Waals surface area contributed by atoms with Gasteiger partial charge in [-0.3, -0.25) is 4.98 Å². The maximum atomic E-state index is 12.8. The van der Waals surface area contributed by atoms with Gasteiger partial charge in [0.1, 0.15) is 10.0 Å². The largest absolute Gasteiger partial charge is 0.571 e. The van der Waals surface area contributed by atoms with Crippen molar-refractivity contribution in [2.75, 3.05) is 0 Å². The van der Waals surface area contributed by atoms with Crippen molar-refractivity contribution in [2.24, 2.45) is 0 Å². The third-order valence-electron chi connectivity index (χ3n) is 3.37. The summed E-state index contributed by atoms with van der Waals surface area (Å²) in [5.74, 6) is 0. The molecule has 0 saturated heterocycles. The van der Waals surface area contributed by atoms with Crippen LogP contribution in [0.25, 0.3) is 15.6 Å². The van der Waals surface area contributed by atoms with E-state index < -0.39 is 27.5 Å². The summed E-state index contributed by atoms with van der Waals surface area (Å²) in [5.41, 5.74) is -1.34. The summed E-state index contributed by atoms with van der Waals surface area (Å²) < 4.78 is 67.1. The Balaban J connectivity index is 2.08. The van der Waals surface area contributed by atoms with Gasteiger partial charge in [-0.25, -0.2) is 8.42 Å². The zero-order valence-corrected chi connectivity index (χ0v) is 13.9. The van der Waals surface area contributed by atoms with Gasteiger partial charge in [0.2, 0.25) is 0 Å². The van der Waals surface area contributed by atoms with Gasteiger partial charge < -0.3 is 4.72 Å². The van der Waals surface area contributed by atoms with Crippen molar-refractivity contribution in [3.8, 4) is 0 Å². The molecule has 0 atom stereocenters. The van der Waals surface area contributed by atoms with Gasteiger partial charge in [-0.05, 0) is 24.3 Å². The lowest BCUT2D eigenvalue weighted by Crippen LogP contribution is -2.05. The van der Waals surface area contributed by atoms with E-state index in [1.165, 1.54) is 18.3 Å². The Bertz CT molecular complexity index is 1050. The Morgan fingerprint density at radius 1 is 1.04 bits per heavy atom. The van der Waals surface area contributed by atoms with Crippen LogP contribution in [0.15, 0.2) is 59.6 Å². The van der Waals surface area contributed by atoms with E-state index in [4.69, 9.17) is 11.6 Å². The van der Waals surface area contributed by atoms with Crippen molar-refractivity contribution < 1.29 is 21.6 Å². The predicted octanol–water partition coefficient (Wildman–Crippen LogP) is 5.30. The van der Waals surface area contributed by atoms with E-state index in [0.29, 0.717) is 11.5 Å². The molecule has 0 aliphatic carbocycles. The summed E-state index contributed by atoms with van der Waals surface area (Å²) in [4.78, 5) is 3.81. The number of para-hydroxylation sites is 1. The fourth-order valence-electron chi connectivity index (χ4n) is 2.22. The van der Waals surface area contributed by atoms with Crippen LogP contribution in [0.1, 0.15) is 5.56 Å². The summed E-state index contributed by atoms with van der Waals surface area (Å²) in [6.45, 7) is 0. The number of rotatable bonds is 3. The van der Waals surface area contributed by atoms with Crippen molar-refractivity contribution in [3.63, 3.8) is 0 Å². The number of sulfonamides is 1. The highest BCUT2D eigenvalue weighted by Crippen LogP contribution is 2.40. The first kappa shape index (κ1) is 17.5. The third-order valence-corrected chi connectivity index (χ3v) is 5.01. The van der Waals surface area contributed by atoms with Gasteiger partial charge >= 0.3 is 6.18 Å². The number of pyridine rings is 1. The number of alkyl halides is 3. The lowest BCUT2D eigenvalue weighted by Gasteiger charge is -2.24. The Kier molecular flexibility index (Phi) is 4.34. The van der Waals surface area contributed by atoms with Gasteiger partial charge in [-0.2, -0.15) is 13.2 Å². The molecule has 0 radical (unpaired) electrons. The highest BCUT2D eigenvalue weighted by Gasteiger charge is 2.30. The van der Waals surface area contributed by atoms with Crippen LogP contribution < -0.4 is 0 Å². The number of fused-ring (bicyclic) bond motifs is 1. The molecule has 2 aromatic carbocycles. The third kappa shape index (κ3) is 3.54. The summed E-state index contributed by atoms with van der Waals surface area (Å²) in [5, 5.41) is 0.360. The van der Waals surface area contributed by atoms with E-state index >= 15 is 0 Å². The van der Waals surface area contributed by atoms with Crippen LogP contribution in [0.5, 0.6) is 0 Å². The number of hydrogen-bond donors (Lipinski definition) is 0. The second-order valence-corrected chi connectivity index (χ2v) is 7.04. The van der Waals surface area contributed by atoms with E-state index in [1.54, 1.807) is 18.2 Å². The SMILES string of the molecule is O=S(=O)([N-]c1cc(C(F)(F)F)ccc1Cl)c1cccc2cccnc12. The maximum absolute atomic E-state index is 12.8. The van der Waals surface area contributed by atoms with E-state index in [1.807, 2.05) is 0 Å². The minimum absolute atomic E-state index is 0.178. The molecule has 0 aliphatic heterocycles. The Morgan fingerprint density at radius 2 is 1.76 bits per heavy atom. The average molecular weight is 386 g/mol. The molecular weight excluding hydrogens is 377 g/mol. The zero-order chi connectivity index (χ0) is 18.2. The molecule has 0 N–H and O–H groups in total. The molecule has 1 heterocycles. The first-order valence-corrected chi connectivity index (χ1v) is 8.69. The number of halogens is 4. The molecule has 3 rings (SSSR count). The van der Waals surface area contributed by atoms with Crippen LogP contribution in [-0.2, 0) is 16.2 Å². The van der Waals surface area contributed by atoms with Gasteiger partial charge in [0.05, 0.1) is 16.0 Å². The quantitative estimate of drug-likeness (QED) is 0.614. The molecule has 25 heavy (non-hydrogen) atoms. The molecule has 1 aromatic heterocycles. The van der Waals surface area contributed by atoms with Crippen molar-refractivity contribution in [3.05, 3.63) is 70.0 Å². The second kappa shape index (κ2) is 6.20. The molecule has 0 spiro atoms. The molecule has 9 heteroatoms. The molecule has 0 unspecified atom stereocenters. The number of benzene rings is 2. The first-order chi connectivity index (χ1) is 11.7. The van der Waals surface area contributed by atoms with Crippen LogP contribution in [0, 0.1) is 0 Å². The van der Waals surface area contributed by atoms with E-state index in [0.717, 1.165) is 12.1 Å². The van der Waals surface area contributed by atoms with Crippen molar-refractivity contribution >= 4 is 38.2 Å². The Morgan fingerprint density at radius 3 is 2.48 bits per heavy atom. The minimum Gasteiger partial charge on any atom is -0.571 e. The standard InChI is InChI=1S/C16H9ClF3N2O2S/c17-12-7-6-11(16(18,19)20)9-13(12)22-25(23,24)14-5-1-3-10-4-2-8-21-15(10)14/h1-9H/q-1. The summed E-state index contributed by atoms with van der Waals surface area (Å²) >= 11 is 5.82. The molecular formula is C16H9ClF3N2O2S-. The molecule has 0 bridgehead atoms. The van der Waals surface area contributed by atoms with Crippen molar-refractivity contribution in [1.82, 2.24) is 4.98 Å². The van der Waals surface area contributed by atoms with Crippen LogP contribution in [0.3, 0.4) is 0 Å². The molecule has 4 nitrogen and oxygen atoms in total. The lowest BCUT2D eigenvalue weighted by atomic mass is 10.2. The Labute approximate surface area is 146 Å². The van der Waals surface area contributed by atoms with Gasteiger partial charge in [-0.15, -0.1) is 5.69 Å². The van der Waals surface area contributed by atoms with Crippen molar-refractivity contribution in [2.45, 2.75) is 11.1 Å². The minimum atomic E-state index is -4.64. The lowest BCUT2D eigenvalue weighted by molar-refractivity contribution is -0.137. The van der Waals surface area contributed by atoms with Crippen molar-refractivity contribution in [1.29, 1.82) is 0 Å². The highest BCUT2D eigenvalue weighted by atomic mass is 35.5. The fraction of sp³-hybridized carbons (Fsp3) is 0.0625. The topological polar surface area (TPSA) is 61.1 Å². The van der Waals surface area contributed by atoms with Crippen LogP contribution in [-0.4, -0.2) is 13.4 Å². The van der Waals surface area contributed by atoms with Crippen LogP contribution in [0.2, 0.25) is 5.02 Å². The summed E-state index contributed by atoms with van der Waals surface area (Å²) in [6, 6.07) is 10.1. The molecule has 0 saturated carbocycles. The fourth-order valence-corrected chi connectivity index (χ4v) is 3.61. The molecule has 0 fully saturated rings. The molecule has 130 valence electrons. The molecule has 0 aliphatic rings. The van der Waals surface area contributed by atoms with Gasteiger partial charge in [0, 0.05) is 16.6 Å². The highest BCUT2D eigenvalue weighted by molar-refractivity contribution is 7.94. The first-order valence-electron chi connectivity index (χ1n) is 6.87. The second-order valence-electron chi connectivity index (χ2n) is 5.06. The smallest absolute Gasteiger partial charge is 0.416 e. The summed E-state index contributed by atoms with van der Waals surface area (Å²) in [7, 11) is -4.31.